The van der Waals surface area contributed by atoms with Crippen molar-refractivity contribution < 1.29 is 0 Å². The van der Waals surface area contributed by atoms with Crippen LogP contribution in [0.5, 0.6) is 0 Å². The van der Waals surface area contributed by atoms with Crippen LogP contribution >= 0.6 is 11.6 Å². The highest BCUT2D eigenvalue weighted by molar-refractivity contribution is 6.28. The molecule has 0 aliphatic carbocycles. The van der Waals surface area contributed by atoms with E-state index in [0.29, 0.717) is 11.6 Å². The van der Waals surface area contributed by atoms with Crippen molar-refractivity contribution in [1.82, 2.24) is 24.6 Å². The zero-order valence-electron chi connectivity index (χ0n) is 8.05. The van der Waals surface area contributed by atoms with Crippen LogP contribution in [0.25, 0.3) is 5.52 Å². The Kier molecular flexibility index (Phi) is 2.00. The fourth-order valence-electron chi connectivity index (χ4n) is 1.45. The third kappa shape index (κ3) is 1.49. The topological polar surface area (TPSA) is 70.9 Å². The van der Waals surface area contributed by atoms with Crippen LogP contribution < -0.4 is 5.32 Å². The summed E-state index contributed by atoms with van der Waals surface area (Å²) in [4.78, 5) is 11.0. The summed E-state index contributed by atoms with van der Waals surface area (Å²) in [5.74, 6) is 1.30. The second-order valence-corrected chi connectivity index (χ2v) is 3.48. The third-order valence-electron chi connectivity index (χ3n) is 2.11. The average Bonchev–Trinajstić information content (AvgIpc) is 2.87. The van der Waals surface area contributed by atoms with E-state index in [1.165, 1.54) is 0 Å². The van der Waals surface area contributed by atoms with Crippen LogP contribution in [0.3, 0.4) is 0 Å². The number of aromatic amines is 1. The Morgan fingerprint density at radius 1 is 1.44 bits per heavy atom. The van der Waals surface area contributed by atoms with E-state index in [0.717, 1.165) is 5.52 Å². The largest absolute Gasteiger partial charge is 0.349 e. The predicted octanol–water partition coefficient (Wildman–Crippen LogP) is 1.85. The van der Waals surface area contributed by atoms with E-state index < -0.39 is 0 Å². The van der Waals surface area contributed by atoms with Crippen LogP contribution in [0.15, 0.2) is 30.9 Å². The van der Waals surface area contributed by atoms with Gasteiger partial charge < -0.3 is 10.3 Å². The Labute approximate surface area is 95.3 Å². The van der Waals surface area contributed by atoms with Gasteiger partial charge in [0.25, 0.3) is 0 Å². The van der Waals surface area contributed by atoms with E-state index >= 15 is 0 Å². The second-order valence-electron chi connectivity index (χ2n) is 3.15. The van der Waals surface area contributed by atoms with Crippen LogP contribution in [0, 0.1) is 0 Å². The second kappa shape index (κ2) is 3.49. The first-order valence-electron chi connectivity index (χ1n) is 4.59. The summed E-state index contributed by atoms with van der Waals surface area (Å²) in [5.41, 5.74) is 0.840. The molecule has 0 fully saturated rings. The molecule has 0 spiro atoms. The van der Waals surface area contributed by atoms with E-state index in [1.807, 2.05) is 12.1 Å². The lowest BCUT2D eigenvalue weighted by atomic mass is 10.5. The van der Waals surface area contributed by atoms with E-state index in [9.17, 15) is 0 Å². The minimum atomic E-state index is 0.182. The lowest BCUT2D eigenvalue weighted by Crippen LogP contribution is -2.00. The summed E-state index contributed by atoms with van der Waals surface area (Å²) in [5, 5.41) is 7.27. The van der Waals surface area contributed by atoms with Gasteiger partial charge in [0.1, 0.15) is 11.3 Å². The summed E-state index contributed by atoms with van der Waals surface area (Å²) < 4.78 is 1.66. The van der Waals surface area contributed by atoms with Crippen molar-refractivity contribution in [2.24, 2.45) is 0 Å². The quantitative estimate of drug-likeness (QED) is 0.710. The molecule has 7 heteroatoms. The number of aromatic nitrogens is 5. The molecule has 3 rings (SSSR count). The number of fused-ring (bicyclic) bond motifs is 1. The van der Waals surface area contributed by atoms with Gasteiger partial charge in [0.05, 0.1) is 6.33 Å². The van der Waals surface area contributed by atoms with E-state index in [1.54, 1.807) is 23.2 Å². The molecule has 0 amide bonds. The number of H-pyrrole nitrogens is 1. The van der Waals surface area contributed by atoms with Crippen LogP contribution in [0.4, 0.5) is 11.6 Å². The van der Waals surface area contributed by atoms with Crippen molar-refractivity contribution in [3.05, 3.63) is 36.1 Å². The smallest absolute Gasteiger partial charge is 0.243 e. The number of hydrogen-bond acceptors (Lipinski definition) is 4. The van der Waals surface area contributed by atoms with Crippen LogP contribution in [0.2, 0.25) is 5.28 Å². The molecule has 0 bridgehead atoms. The molecule has 0 saturated carbocycles. The molecule has 80 valence electrons. The summed E-state index contributed by atoms with van der Waals surface area (Å²) in [6, 6.07) is 3.77. The summed E-state index contributed by atoms with van der Waals surface area (Å²) >= 11 is 5.81. The number of nitrogens with one attached hydrogen (secondary N) is 2. The fraction of sp³-hybridized carbons (Fsp3) is 0. The number of imidazole rings is 1. The monoisotopic (exact) mass is 234 g/mol. The van der Waals surface area contributed by atoms with Crippen molar-refractivity contribution in [2.45, 2.75) is 0 Å². The van der Waals surface area contributed by atoms with Gasteiger partial charge >= 0.3 is 0 Å². The molecule has 0 aliphatic rings. The number of halogens is 1. The molecule has 0 atom stereocenters. The first kappa shape index (κ1) is 9.17. The predicted molar refractivity (Wildman–Crippen MR) is 59.9 cm³/mol. The normalized spacial score (nSPS) is 10.8. The van der Waals surface area contributed by atoms with Gasteiger partial charge in [-0.2, -0.15) is 4.98 Å². The van der Waals surface area contributed by atoms with Gasteiger partial charge in [-0.3, -0.25) is 0 Å². The van der Waals surface area contributed by atoms with E-state index in [4.69, 9.17) is 11.6 Å². The minimum Gasteiger partial charge on any atom is -0.349 e. The van der Waals surface area contributed by atoms with Gasteiger partial charge in [-0.1, -0.05) is 0 Å². The summed E-state index contributed by atoms with van der Waals surface area (Å²) in [6.45, 7) is 0. The number of anilines is 2. The lowest BCUT2D eigenvalue weighted by Gasteiger charge is -2.04. The molecule has 2 N–H and O–H groups in total. The molecule has 0 aromatic carbocycles. The van der Waals surface area contributed by atoms with Gasteiger partial charge in [-0.15, -0.1) is 5.10 Å². The highest BCUT2D eigenvalue weighted by Crippen LogP contribution is 2.19. The van der Waals surface area contributed by atoms with E-state index in [-0.39, 0.29) is 5.28 Å². The maximum atomic E-state index is 5.81. The Morgan fingerprint density at radius 3 is 3.19 bits per heavy atom. The molecular formula is C9H7ClN6. The van der Waals surface area contributed by atoms with Crippen molar-refractivity contribution in [3.8, 4) is 0 Å². The molecule has 16 heavy (non-hydrogen) atoms. The van der Waals surface area contributed by atoms with Gasteiger partial charge in [-0.25, -0.2) is 9.50 Å². The van der Waals surface area contributed by atoms with E-state index in [2.05, 4.69) is 25.4 Å². The highest BCUT2D eigenvalue weighted by atomic mass is 35.5. The zero-order chi connectivity index (χ0) is 11.0. The molecule has 6 nitrogen and oxygen atoms in total. The molecule has 3 aromatic heterocycles. The van der Waals surface area contributed by atoms with Gasteiger partial charge in [0.2, 0.25) is 5.28 Å². The van der Waals surface area contributed by atoms with Crippen molar-refractivity contribution in [2.75, 3.05) is 5.32 Å². The molecule has 0 radical (unpaired) electrons. The SMILES string of the molecule is Clc1nc(Nc2c[nH]cn2)c2cccn2n1. The molecule has 0 saturated heterocycles. The highest BCUT2D eigenvalue weighted by Gasteiger charge is 2.06. The maximum Gasteiger partial charge on any atom is 0.243 e. The van der Waals surface area contributed by atoms with Crippen molar-refractivity contribution >= 4 is 28.8 Å². The molecule has 3 heterocycles. The zero-order valence-corrected chi connectivity index (χ0v) is 8.81. The standard InChI is InChI=1S/C9H7ClN6/c10-9-14-8(13-7-4-11-5-12-7)6-2-1-3-16(6)15-9/h1-5H,(H,11,12)(H,13,14,15). The van der Waals surface area contributed by atoms with Crippen LogP contribution in [-0.2, 0) is 0 Å². The van der Waals surface area contributed by atoms with Gasteiger partial charge in [-0.05, 0) is 23.7 Å². The Bertz CT molecular complexity index is 614. The molecular weight excluding hydrogens is 228 g/mol. The van der Waals surface area contributed by atoms with Gasteiger partial charge in [0, 0.05) is 12.4 Å². The number of hydrogen-bond donors (Lipinski definition) is 2. The number of nitrogens with zero attached hydrogens (tertiary/aromatic N) is 4. The molecule has 0 unspecified atom stereocenters. The Balaban J connectivity index is 2.11. The molecule has 3 aromatic rings. The van der Waals surface area contributed by atoms with Crippen molar-refractivity contribution in [3.63, 3.8) is 0 Å². The number of rotatable bonds is 2. The maximum absolute atomic E-state index is 5.81. The fourth-order valence-corrected chi connectivity index (χ4v) is 1.62. The minimum absolute atomic E-state index is 0.182. The van der Waals surface area contributed by atoms with Gasteiger partial charge in [0.15, 0.2) is 5.82 Å². The Morgan fingerprint density at radius 2 is 2.38 bits per heavy atom. The van der Waals surface area contributed by atoms with Crippen LogP contribution in [-0.4, -0.2) is 24.6 Å². The first-order valence-corrected chi connectivity index (χ1v) is 4.97. The molecule has 0 aliphatic heterocycles. The Hall–Kier alpha value is -2.08. The first-order chi connectivity index (χ1) is 7.83. The van der Waals surface area contributed by atoms with Crippen molar-refractivity contribution in [1.29, 1.82) is 0 Å². The third-order valence-corrected chi connectivity index (χ3v) is 2.27. The summed E-state index contributed by atoms with van der Waals surface area (Å²) in [7, 11) is 0. The summed E-state index contributed by atoms with van der Waals surface area (Å²) in [6.07, 6.45) is 5.12. The van der Waals surface area contributed by atoms with Crippen LogP contribution in [0.1, 0.15) is 0 Å². The lowest BCUT2D eigenvalue weighted by molar-refractivity contribution is 0.907. The average molecular weight is 235 g/mol.